The number of hydrogen-bond acceptors (Lipinski definition) is 5. The topological polar surface area (TPSA) is 99.0 Å². The van der Waals surface area contributed by atoms with E-state index in [0.717, 1.165) is 5.56 Å². The van der Waals surface area contributed by atoms with Gasteiger partial charge in [-0.3, -0.25) is 0 Å². The third-order valence-electron chi connectivity index (χ3n) is 3.53. The SMILES string of the molecule is O=C(NCCC(O)C(O)c1cc(O)cc(Cl)c1)OCc1ccccc1. The number of phenols is 1. The number of carbonyl (C=O) groups excluding carboxylic acids is 1. The van der Waals surface area contributed by atoms with Crippen molar-refractivity contribution >= 4 is 17.7 Å². The number of rotatable bonds is 7. The van der Waals surface area contributed by atoms with Crippen molar-refractivity contribution in [2.45, 2.75) is 25.2 Å². The predicted molar refractivity (Wildman–Crippen MR) is 93.3 cm³/mol. The number of alkyl carbamates (subject to hydrolysis) is 1. The van der Waals surface area contributed by atoms with Crippen molar-refractivity contribution in [2.24, 2.45) is 0 Å². The van der Waals surface area contributed by atoms with E-state index in [1.807, 2.05) is 30.3 Å². The van der Waals surface area contributed by atoms with Gasteiger partial charge in [0.15, 0.2) is 0 Å². The summed E-state index contributed by atoms with van der Waals surface area (Å²) in [5.74, 6) is -0.101. The molecule has 0 saturated heterocycles. The van der Waals surface area contributed by atoms with Crippen molar-refractivity contribution in [3.05, 3.63) is 64.7 Å². The minimum atomic E-state index is -1.23. The smallest absolute Gasteiger partial charge is 0.407 e. The molecule has 2 rings (SSSR count). The highest BCUT2D eigenvalue weighted by atomic mass is 35.5. The summed E-state index contributed by atoms with van der Waals surface area (Å²) in [5, 5.41) is 32.3. The van der Waals surface area contributed by atoms with Crippen LogP contribution in [0, 0.1) is 0 Å². The molecule has 0 aromatic heterocycles. The number of aliphatic hydroxyl groups is 2. The number of carbonyl (C=O) groups is 1. The Bertz CT molecular complexity index is 675. The normalized spacial score (nSPS) is 13.1. The number of aliphatic hydroxyl groups excluding tert-OH is 2. The lowest BCUT2D eigenvalue weighted by molar-refractivity contribution is 0.0135. The molecule has 0 spiro atoms. The summed E-state index contributed by atoms with van der Waals surface area (Å²) in [7, 11) is 0. The minimum absolute atomic E-state index is 0.101. The molecule has 2 unspecified atom stereocenters. The zero-order valence-corrected chi connectivity index (χ0v) is 14.2. The molecule has 134 valence electrons. The Kier molecular flexibility index (Phi) is 7.06. The molecule has 0 aliphatic carbocycles. The maximum Gasteiger partial charge on any atom is 0.407 e. The fourth-order valence-electron chi connectivity index (χ4n) is 2.24. The monoisotopic (exact) mass is 365 g/mol. The fraction of sp³-hybridized carbons (Fsp3) is 0.278. The number of benzene rings is 2. The lowest BCUT2D eigenvalue weighted by atomic mass is 10.0. The highest BCUT2D eigenvalue weighted by Crippen LogP contribution is 2.26. The van der Waals surface area contributed by atoms with Crippen LogP contribution in [0.15, 0.2) is 48.5 Å². The Labute approximate surface area is 150 Å². The minimum Gasteiger partial charge on any atom is -0.508 e. The summed E-state index contributed by atoms with van der Waals surface area (Å²) in [6.07, 6.45) is -2.86. The molecular formula is C18H20ClNO5. The molecule has 0 fully saturated rings. The van der Waals surface area contributed by atoms with Crippen molar-refractivity contribution < 1.29 is 24.9 Å². The molecule has 2 aromatic carbocycles. The first-order valence-corrected chi connectivity index (χ1v) is 8.13. The van der Waals surface area contributed by atoms with E-state index in [1.165, 1.54) is 18.2 Å². The average molecular weight is 366 g/mol. The zero-order chi connectivity index (χ0) is 18.2. The molecule has 0 aliphatic heterocycles. The van der Waals surface area contributed by atoms with E-state index >= 15 is 0 Å². The standard InChI is InChI=1S/C18H20ClNO5/c19-14-8-13(9-15(21)10-14)17(23)16(22)6-7-20-18(24)25-11-12-4-2-1-3-5-12/h1-5,8-10,16-17,21-23H,6-7,11H2,(H,20,24). The van der Waals surface area contributed by atoms with Crippen LogP contribution in [0.1, 0.15) is 23.7 Å². The average Bonchev–Trinajstić information content (AvgIpc) is 2.59. The summed E-state index contributed by atoms with van der Waals surface area (Å²) < 4.78 is 5.04. The second-order valence-corrected chi connectivity index (χ2v) is 5.97. The second kappa shape index (κ2) is 9.27. The molecule has 0 bridgehead atoms. The van der Waals surface area contributed by atoms with Crippen LogP contribution in [0.25, 0.3) is 0 Å². The van der Waals surface area contributed by atoms with E-state index < -0.39 is 18.3 Å². The number of hydrogen-bond donors (Lipinski definition) is 4. The van der Waals surface area contributed by atoms with Crippen LogP contribution in [0.3, 0.4) is 0 Å². The van der Waals surface area contributed by atoms with Crippen LogP contribution < -0.4 is 5.32 Å². The largest absolute Gasteiger partial charge is 0.508 e. The molecule has 0 radical (unpaired) electrons. The first-order valence-electron chi connectivity index (χ1n) is 7.76. The number of ether oxygens (including phenoxy) is 1. The Hall–Kier alpha value is -2.28. The summed E-state index contributed by atoms with van der Waals surface area (Å²) in [5.41, 5.74) is 1.16. The molecule has 0 heterocycles. The Morgan fingerprint density at radius 1 is 1.16 bits per heavy atom. The van der Waals surface area contributed by atoms with Gasteiger partial charge in [-0.2, -0.15) is 0 Å². The van der Waals surface area contributed by atoms with Crippen molar-refractivity contribution in [3.8, 4) is 5.75 Å². The van der Waals surface area contributed by atoms with Gasteiger partial charge in [0.1, 0.15) is 18.5 Å². The van der Waals surface area contributed by atoms with Crippen molar-refractivity contribution in [1.29, 1.82) is 0 Å². The molecule has 6 nitrogen and oxygen atoms in total. The molecule has 25 heavy (non-hydrogen) atoms. The van der Waals surface area contributed by atoms with Crippen molar-refractivity contribution in [1.82, 2.24) is 5.32 Å². The third kappa shape index (κ3) is 6.26. The molecule has 2 aromatic rings. The van der Waals surface area contributed by atoms with E-state index in [1.54, 1.807) is 0 Å². The quantitative estimate of drug-likeness (QED) is 0.604. The third-order valence-corrected chi connectivity index (χ3v) is 3.75. The number of phenolic OH excluding ortho intramolecular Hbond substituents is 1. The van der Waals surface area contributed by atoms with Gasteiger partial charge in [0, 0.05) is 11.6 Å². The van der Waals surface area contributed by atoms with Gasteiger partial charge in [0.2, 0.25) is 0 Å². The van der Waals surface area contributed by atoms with Crippen LogP contribution in [-0.2, 0) is 11.3 Å². The van der Waals surface area contributed by atoms with Gasteiger partial charge in [0.25, 0.3) is 0 Å². The van der Waals surface area contributed by atoms with Gasteiger partial charge >= 0.3 is 6.09 Å². The lowest BCUT2D eigenvalue weighted by Gasteiger charge is -2.18. The maximum absolute atomic E-state index is 11.6. The highest BCUT2D eigenvalue weighted by molar-refractivity contribution is 6.30. The fourth-order valence-corrected chi connectivity index (χ4v) is 2.48. The summed E-state index contributed by atoms with van der Waals surface area (Å²) in [6.45, 7) is 0.276. The van der Waals surface area contributed by atoms with E-state index in [4.69, 9.17) is 16.3 Å². The Balaban J connectivity index is 1.73. The molecule has 4 N–H and O–H groups in total. The Morgan fingerprint density at radius 2 is 1.88 bits per heavy atom. The molecule has 0 aliphatic rings. The van der Waals surface area contributed by atoms with Gasteiger partial charge in [-0.25, -0.2) is 4.79 Å². The van der Waals surface area contributed by atoms with E-state index in [-0.39, 0.29) is 30.3 Å². The van der Waals surface area contributed by atoms with E-state index in [2.05, 4.69) is 5.32 Å². The first-order chi connectivity index (χ1) is 12.0. The van der Waals surface area contributed by atoms with Gasteiger partial charge in [-0.15, -0.1) is 0 Å². The van der Waals surface area contributed by atoms with Crippen LogP contribution in [-0.4, -0.2) is 34.1 Å². The van der Waals surface area contributed by atoms with E-state index in [0.29, 0.717) is 5.56 Å². The number of halogens is 1. The number of nitrogens with one attached hydrogen (secondary N) is 1. The molecule has 0 saturated carbocycles. The van der Waals surface area contributed by atoms with Crippen molar-refractivity contribution in [3.63, 3.8) is 0 Å². The molecular weight excluding hydrogens is 346 g/mol. The van der Waals surface area contributed by atoms with Crippen LogP contribution in [0.2, 0.25) is 5.02 Å². The van der Waals surface area contributed by atoms with Gasteiger partial charge in [-0.05, 0) is 35.7 Å². The van der Waals surface area contributed by atoms with Crippen LogP contribution in [0.5, 0.6) is 5.75 Å². The first kappa shape index (κ1) is 19.1. The molecule has 1 amide bonds. The summed E-state index contributed by atoms with van der Waals surface area (Å²) in [4.78, 5) is 11.6. The lowest BCUT2D eigenvalue weighted by Crippen LogP contribution is -2.29. The second-order valence-electron chi connectivity index (χ2n) is 5.53. The predicted octanol–water partition coefficient (Wildman–Crippen LogP) is 2.76. The van der Waals surface area contributed by atoms with E-state index in [9.17, 15) is 20.1 Å². The van der Waals surface area contributed by atoms with Gasteiger partial charge in [0.05, 0.1) is 6.10 Å². The Morgan fingerprint density at radius 3 is 2.56 bits per heavy atom. The summed E-state index contributed by atoms with van der Waals surface area (Å²) >= 11 is 5.80. The molecule has 7 heteroatoms. The highest BCUT2D eigenvalue weighted by Gasteiger charge is 2.19. The van der Waals surface area contributed by atoms with Gasteiger partial charge < -0.3 is 25.4 Å². The number of amides is 1. The zero-order valence-electron chi connectivity index (χ0n) is 13.4. The summed E-state index contributed by atoms with van der Waals surface area (Å²) in [6, 6.07) is 13.4. The van der Waals surface area contributed by atoms with Crippen molar-refractivity contribution in [2.75, 3.05) is 6.54 Å². The number of aromatic hydroxyl groups is 1. The maximum atomic E-state index is 11.6. The van der Waals surface area contributed by atoms with Crippen LogP contribution >= 0.6 is 11.6 Å². The molecule has 2 atom stereocenters. The van der Waals surface area contributed by atoms with Crippen LogP contribution in [0.4, 0.5) is 4.79 Å². The van der Waals surface area contributed by atoms with Gasteiger partial charge in [-0.1, -0.05) is 41.9 Å².